The molecule has 10 heteroatoms. The van der Waals surface area contributed by atoms with E-state index in [1.54, 1.807) is 54.6 Å². The van der Waals surface area contributed by atoms with Crippen LogP contribution in [0.3, 0.4) is 0 Å². The standard InChI is InChI=1S/C25H27Cl2FN2O4S/c1-35(32,33)29-20-7-9-22(10-8-20)34-17-21(31)16-30(15-19-4-2-3-5-25(19)28)13-12-18-6-11-23(26)24(27)14-18/h2-11,14,21,29,31H,12-13,15-17H2,1H3. The summed E-state index contributed by atoms with van der Waals surface area (Å²) in [6, 6.07) is 18.3. The quantitative estimate of drug-likeness (QED) is 0.338. The van der Waals surface area contributed by atoms with Gasteiger partial charge in [-0.2, -0.15) is 0 Å². The van der Waals surface area contributed by atoms with E-state index < -0.39 is 16.1 Å². The lowest BCUT2D eigenvalue weighted by atomic mass is 10.1. The molecular weight excluding hydrogens is 514 g/mol. The highest BCUT2D eigenvalue weighted by molar-refractivity contribution is 7.92. The van der Waals surface area contributed by atoms with Crippen LogP contribution in [0.1, 0.15) is 11.1 Å². The molecule has 1 atom stereocenters. The average molecular weight is 541 g/mol. The van der Waals surface area contributed by atoms with Gasteiger partial charge in [0.05, 0.1) is 16.3 Å². The van der Waals surface area contributed by atoms with Crippen molar-refractivity contribution < 1.29 is 22.7 Å². The van der Waals surface area contributed by atoms with Crippen molar-refractivity contribution in [1.29, 1.82) is 0 Å². The summed E-state index contributed by atoms with van der Waals surface area (Å²) in [7, 11) is -3.37. The zero-order valence-electron chi connectivity index (χ0n) is 19.1. The molecule has 3 aromatic carbocycles. The van der Waals surface area contributed by atoms with Crippen LogP contribution in [-0.4, -0.2) is 50.5 Å². The van der Waals surface area contributed by atoms with Gasteiger partial charge in [0.2, 0.25) is 10.0 Å². The Morgan fingerprint density at radius 2 is 1.77 bits per heavy atom. The second-order valence-electron chi connectivity index (χ2n) is 8.19. The number of ether oxygens (including phenoxy) is 1. The van der Waals surface area contributed by atoms with Gasteiger partial charge >= 0.3 is 0 Å². The first-order valence-corrected chi connectivity index (χ1v) is 13.5. The summed E-state index contributed by atoms with van der Waals surface area (Å²) in [4.78, 5) is 1.95. The molecule has 6 nitrogen and oxygen atoms in total. The Morgan fingerprint density at radius 1 is 1.06 bits per heavy atom. The largest absolute Gasteiger partial charge is 0.491 e. The molecule has 0 amide bonds. The normalized spacial score (nSPS) is 12.5. The van der Waals surface area contributed by atoms with Crippen LogP contribution in [0, 0.1) is 5.82 Å². The van der Waals surface area contributed by atoms with Crippen LogP contribution >= 0.6 is 23.2 Å². The molecule has 0 radical (unpaired) electrons. The van der Waals surface area contributed by atoms with Crippen LogP contribution in [0.5, 0.6) is 5.75 Å². The van der Waals surface area contributed by atoms with E-state index in [-0.39, 0.29) is 19.0 Å². The minimum atomic E-state index is -3.37. The van der Waals surface area contributed by atoms with Gasteiger partial charge in [0.1, 0.15) is 24.3 Å². The third-order valence-corrected chi connectivity index (χ3v) is 6.47. The van der Waals surface area contributed by atoms with Crippen LogP contribution < -0.4 is 9.46 Å². The highest BCUT2D eigenvalue weighted by atomic mass is 35.5. The fourth-order valence-electron chi connectivity index (χ4n) is 3.46. The number of hydrogen-bond donors (Lipinski definition) is 2. The molecule has 0 heterocycles. The van der Waals surface area contributed by atoms with Gasteiger partial charge in [-0.15, -0.1) is 0 Å². The SMILES string of the molecule is CS(=O)(=O)Nc1ccc(OCC(O)CN(CCc2ccc(Cl)c(Cl)c2)Cc2ccccc2F)cc1. The van der Waals surface area contributed by atoms with Crippen molar-refractivity contribution in [3.63, 3.8) is 0 Å². The van der Waals surface area contributed by atoms with E-state index in [0.717, 1.165) is 11.8 Å². The third-order valence-electron chi connectivity index (χ3n) is 5.12. The predicted molar refractivity (Wildman–Crippen MR) is 138 cm³/mol. The van der Waals surface area contributed by atoms with E-state index in [4.69, 9.17) is 27.9 Å². The number of anilines is 1. The minimum Gasteiger partial charge on any atom is -0.491 e. The van der Waals surface area contributed by atoms with Crippen LogP contribution in [0.2, 0.25) is 10.0 Å². The Balaban J connectivity index is 1.60. The van der Waals surface area contributed by atoms with Crippen molar-refractivity contribution in [3.8, 4) is 5.75 Å². The van der Waals surface area contributed by atoms with Gasteiger partial charge < -0.3 is 9.84 Å². The van der Waals surface area contributed by atoms with Crippen molar-refractivity contribution in [2.24, 2.45) is 0 Å². The van der Waals surface area contributed by atoms with Gasteiger partial charge in [-0.25, -0.2) is 12.8 Å². The number of sulfonamides is 1. The lowest BCUT2D eigenvalue weighted by Gasteiger charge is -2.25. The topological polar surface area (TPSA) is 78.9 Å². The number of rotatable bonds is 12. The summed E-state index contributed by atoms with van der Waals surface area (Å²) in [6.45, 7) is 1.13. The Hall–Kier alpha value is -2.36. The van der Waals surface area contributed by atoms with E-state index >= 15 is 0 Å². The van der Waals surface area contributed by atoms with Crippen molar-refractivity contribution >= 4 is 38.9 Å². The Kier molecular flexibility index (Phi) is 9.77. The summed E-state index contributed by atoms with van der Waals surface area (Å²) in [5.74, 6) is 0.181. The molecule has 3 aromatic rings. The first-order chi connectivity index (χ1) is 16.6. The average Bonchev–Trinajstić information content (AvgIpc) is 2.79. The number of hydrogen-bond acceptors (Lipinski definition) is 5. The van der Waals surface area contributed by atoms with Gasteiger partial charge in [-0.1, -0.05) is 47.5 Å². The van der Waals surface area contributed by atoms with E-state index in [2.05, 4.69) is 4.72 Å². The van der Waals surface area contributed by atoms with E-state index in [0.29, 0.717) is 46.6 Å². The number of benzene rings is 3. The van der Waals surface area contributed by atoms with Gasteiger partial charge in [0.15, 0.2) is 0 Å². The van der Waals surface area contributed by atoms with Gasteiger partial charge in [-0.05, 0) is 54.4 Å². The molecule has 0 saturated carbocycles. The number of nitrogens with zero attached hydrogens (tertiary/aromatic N) is 1. The minimum absolute atomic E-state index is 0.0133. The van der Waals surface area contributed by atoms with Gasteiger partial charge in [0, 0.05) is 30.9 Å². The smallest absolute Gasteiger partial charge is 0.229 e. The molecule has 1 unspecified atom stereocenters. The van der Waals surface area contributed by atoms with E-state index in [9.17, 15) is 17.9 Å². The highest BCUT2D eigenvalue weighted by Crippen LogP contribution is 2.23. The second kappa shape index (κ2) is 12.6. The van der Waals surface area contributed by atoms with Crippen LogP contribution in [0.15, 0.2) is 66.7 Å². The van der Waals surface area contributed by atoms with Gasteiger partial charge in [0.25, 0.3) is 0 Å². The summed E-state index contributed by atoms with van der Waals surface area (Å²) in [5.41, 5.74) is 1.92. The Morgan fingerprint density at radius 3 is 2.43 bits per heavy atom. The summed E-state index contributed by atoms with van der Waals surface area (Å²) in [6.07, 6.45) is 0.861. The highest BCUT2D eigenvalue weighted by Gasteiger charge is 2.16. The molecule has 188 valence electrons. The summed E-state index contributed by atoms with van der Waals surface area (Å²) >= 11 is 12.1. The molecule has 0 saturated heterocycles. The predicted octanol–water partition coefficient (Wildman–Crippen LogP) is 4.99. The maximum Gasteiger partial charge on any atom is 0.229 e. The van der Waals surface area contributed by atoms with Crippen LogP contribution in [-0.2, 0) is 23.0 Å². The lowest BCUT2D eigenvalue weighted by molar-refractivity contribution is 0.0656. The van der Waals surface area contributed by atoms with Crippen molar-refractivity contribution in [2.75, 3.05) is 30.7 Å². The number of nitrogens with one attached hydrogen (secondary N) is 1. The summed E-state index contributed by atoms with van der Waals surface area (Å²) < 4.78 is 44.9. The molecule has 0 spiro atoms. The Bertz CT molecular complexity index is 1230. The van der Waals surface area contributed by atoms with Crippen molar-refractivity contribution in [3.05, 3.63) is 93.7 Å². The van der Waals surface area contributed by atoms with Crippen LogP contribution in [0.25, 0.3) is 0 Å². The van der Waals surface area contributed by atoms with E-state index in [1.807, 2.05) is 11.0 Å². The van der Waals surface area contributed by atoms with Crippen molar-refractivity contribution in [1.82, 2.24) is 4.90 Å². The monoisotopic (exact) mass is 540 g/mol. The maximum atomic E-state index is 14.3. The zero-order chi connectivity index (χ0) is 25.4. The molecule has 2 N–H and O–H groups in total. The first kappa shape index (κ1) is 27.2. The molecule has 0 aliphatic rings. The fraction of sp³-hybridized carbons (Fsp3) is 0.280. The van der Waals surface area contributed by atoms with Crippen molar-refractivity contribution in [2.45, 2.75) is 19.1 Å². The molecule has 35 heavy (non-hydrogen) atoms. The Labute approximate surface area is 215 Å². The summed E-state index contributed by atoms with van der Waals surface area (Å²) in [5, 5.41) is 11.6. The number of aliphatic hydroxyl groups excluding tert-OH is 1. The molecular formula is C25H27Cl2FN2O4S. The number of halogens is 3. The molecule has 0 aliphatic heterocycles. The maximum absolute atomic E-state index is 14.3. The van der Waals surface area contributed by atoms with Gasteiger partial charge in [-0.3, -0.25) is 9.62 Å². The zero-order valence-corrected chi connectivity index (χ0v) is 21.5. The molecule has 3 rings (SSSR count). The van der Waals surface area contributed by atoms with E-state index in [1.165, 1.54) is 6.07 Å². The third kappa shape index (κ3) is 9.31. The fourth-order valence-corrected chi connectivity index (χ4v) is 4.35. The first-order valence-electron chi connectivity index (χ1n) is 10.9. The molecule has 0 aromatic heterocycles. The molecule has 0 bridgehead atoms. The molecule has 0 aliphatic carbocycles. The number of aliphatic hydroxyl groups is 1. The lowest BCUT2D eigenvalue weighted by Crippen LogP contribution is -2.36. The molecule has 0 fully saturated rings. The van der Waals surface area contributed by atoms with Crippen LogP contribution in [0.4, 0.5) is 10.1 Å². The second-order valence-corrected chi connectivity index (χ2v) is 10.8.